The molecule has 0 fully saturated rings. The van der Waals surface area contributed by atoms with E-state index >= 15 is 0 Å². The molecule has 1 heterocycles. The minimum absolute atomic E-state index is 0.465. The first-order chi connectivity index (χ1) is 13.1. The Morgan fingerprint density at radius 3 is 2.15 bits per heavy atom. The second-order valence-corrected chi connectivity index (χ2v) is 7.65. The van der Waals surface area contributed by atoms with Crippen molar-refractivity contribution < 1.29 is 0 Å². The fourth-order valence-corrected chi connectivity index (χ4v) is 4.23. The second kappa shape index (κ2) is 7.11. The number of para-hydroxylation sites is 2. The number of anilines is 1. The molecule has 0 N–H and O–H groups in total. The van der Waals surface area contributed by atoms with Gasteiger partial charge in [0.1, 0.15) is 0 Å². The molecule has 4 aromatic rings. The summed E-state index contributed by atoms with van der Waals surface area (Å²) in [5, 5.41) is 2.62. The van der Waals surface area contributed by atoms with Crippen molar-refractivity contribution in [3.63, 3.8) is 0 Å². The first-order valence-corrected chi connectivity index (χ1v) is 9.98. The molecule has 0 spiro atoms. The molecule has 27 heavy (non-hydrogen) atoms. The summed E-state index contributed by atoms with van der Waals surface area (Å²) >= 11 is 0. The van der Waals surface area contributed by atoms with E-state index in [1.807, 2.05) is 0 Å². The third-order valence-electron chi connectivity index (χ3n) is 5.59. The van der Waals surface area contributed by atoms with Crippen LogP contribution in [0.5, 0.6) is 0 Å². The molecule has 0 aliphatic rings. The standard InChI is InChI=1S/C25H28N2/c1-5-19(4)26(18(2)3)21-15-16-23-22-13-9-10-14-24(22)27(25(23)17-21)20-11-7-6-8-12-20/h6-19H,5H2,1-4H3. The van der Waals surface area contributed by atoms with Crippen LogP contribution in [0.2, 0.25) is 0 Å². The number of hydrogen-bond donors (Lipinski definition) is 0. The van der Waals surface area contributed by atoms with E-state index in [1.165, 1.54) is 33.2 Å². The van der Waals surface area contributed by atoms with Crippen LogP contribution in [0.4, 0.5) is 5.69 Å². The van der Waals surface area contributed by atoms with Crippen LogP contribution < -0.4 is 4.90 Å². The summed E-state index contributed by atoms with van der Waals surface area (Å²) in [7, 11) is 0. The van der Waals surface area contributed by atoms with Gasteiger partial charge in [0, 0.05) is 34.2 Å². The smallest absolute Gasteiger partial charge is 0.0561 e. The highest BCUT2D eigenvalue weighted by atomic mass is 15.2. The van der Waals surface area contributed by atoms with Crippen molar-refractivity contribution in [2.75, 3.05) is 4.90 Å². The average molecular weight is 357 g/mol. The summed E-state index contributed by atoms with van der Waals surface area (Å²) in [6.45, 7) is 9.14. The predicted octanol–water partition coefficient (Wildman–Crippen LogP) is 6.80. The second-order valence-electron chi connectivity index (χ2n) is 7.65. The highest BCUT2D eigenvalue weighted by Gasteiger charge is 2.19. The molecule has 0 bridgehead atoms. The van der Waals surface area contributed by atoms with Gasteiger partial charge in [0.2, 0.25) is 0 Å². The van der Waals surface area contributed by atoms with Crippen molar-refractivity contribution in [2.24, 2.45) is 0 Å². The Morgan fingerprint density at radius 1 is 0.778 bits per heavy atom. The van der Waals surface area contributed by atoms with E-state index in [-0.39, 0.29) is 0 Å². The quantitative estimate of drug-likeness (QED) is 0.382. The third kappa shape index (κ3) is 2.99. The Bertz CT molecular complexity index is 1060. The van der Waals surface area contributed by atoms with Gasteiger partial charge in [-0.25, -0.2) is 0 Å². The lowest BCUT2D eigenvalue weighted by Gasteiger charge is -2.34. The van der Waals surface area contributed by atoms with Gasteiger partial charge in [0.25, 0.3) is 0 Å². The zero-order valence-electron chi connectivity index (χ0n) is 16.7. The van der Waals surface area contributed by atoms with Crippen LogP contribution in [0.1, 0.15) is 34.1 Å². The summed E-state index contributed by atoms with van der Waals surface area (Å²) in [6.07, 6.45) is 1.14. The Balaban J connectivity index is 2.02. The van der Waals surface area contributed by atoms with Crippen molar-refractivity contribution in [1.82, 2.24) is 4.57 Å². The molecule has 2 heteroatoms. The maximum absolute atomic E-state index is 2.53. The van der Waals surface area contributed by atoms with Crippen LogP contribution >= 0.6 is 0 Å². The summed E-state index contributed by atoms with van der Waals surface area (Å²) in [6, 6.07) is 27.3. The Labute approximate surface area is 162 Å². The van der Waals surface area contributed by atoms with Crippen LogP contribution in [0.25, 0.3) is 27.5 Å². The van der Waals surface area contributed by atoms with Gasteiger partial charge in [0.15, 0.2) is 0 Å². The van der Waals surface area contributed by atoms with Gasteiger partial charge in [-0.05, 0) is 57.5 Å². The summed E-state index contributed by atoms with van der Waals surface area (Å²) < 4.78 is 2.39. The van der Waals surface area contributed by atoms with Crippen molar-refractivity contribution in [3.05, 3.63) is 72.8 Å². The Hall–Kier alpha value is -2.74. The fraction of sp³-hybridized carbons (Fsp3) is 0.280. The SMILES string of the molecule is CCC(C)N(c1ccc2c3ccccc3n(-c3ccccc3)c2c1)C(C)C. The molecule has 0 saturated carbocycles. The summed E-state index contributed by atoms with van der Waals surface area (Å²) in [5.41, 5.74) is 5.04. The van der Waals surface area contributed by atoms with Gasteiger partial charge in [-0.15, -0.1) is 0 Å². The number of nitrogens with zero attached hydrogens (tertiary/aromatic N) is 2. The molecule has 0 aliphatic heterocycles. The topological polar surface area (TPSA) is 8.17 Å². The van der Waals surface area contributed by atoms with Gasteiger partial charge >= 0.3 is 0 Å². The minimum Gasteiger partial charge on any atom is -0.366 e. The largest absolute Gasteiger partial charge is 0.366 e. The molecule has 2 nitrogen and oxygen atoms in total. The highest BCUT2D eigenvalue weighted by Crippen LogP contribution is 2.35. The van der Waals surface area contributed by atoms with Crippen LogP contribution in [-0.2, 0) is 0 Å². The van der Waals surface area contributed by atoms with Crippen molar-refractivity contribution in [2.45, 2.75) is 46.2 Å². The zero-order chi connectivity index (χ0) is 19.0. The van der Waals surface area contributed by atoms with Gasteiger partial charge in [-0.3, -0.25) is 0 Å². The lowest BCUT2D eigenvalue weighted by atomic mass is 10.1. The van der Waals surface area contributed by atoms with E-state index in [1.54, 1.807) is 0 Å². The number of benzene rings is 3. The molecule has 1 aromatic heterocycles. The first-order valence-electron chi connectivity index (χ1n) is 9.98. The average Bonchev–Trinajstić information content (AvgIpc) is 3.02. The molecule has 1 atom stereocenters. The Kier molecular flexibility index (Phi) is 4.65. The number of fused-ring (bicyclic) bond motifs is 3. The fourth-order valence-electron chi connectivity index (χ4n) is 4.23. The van der Waals surface area contributed by atoms with Crippen molar-refractivity contribution in [3.8, 4) is 5.69 Å². The highest BCUT2D eigenvalue weighted by molar-refractivity contribution is 6.10. The lowest BCUT2D eigenvalue weighted by molar-refractivity contribution is 0.562. The van der Waals surface area contributed by atoms with Crippen molar-refractivity contribution >= 4 is 27.5 Å². The van der Waals surface area contributed by atoms with E-state index in [9.17, 15) is 0 Å². The minimum atomic E-state index is 0.465. The van der Waals surface area contributed by atoms with E-state index in [2.05, 4.69) is 110 Å². The number of aromatic nitrogens is 1. The third-order valence-corrected chi connectivity index (χ3v) is 5.59. The molecule has 0 amide bonds. The normalized spacial score (nSPS) is 12.8. The van der Waals surface area contributed by atoms with Crippen LogP contribution in [0.3, 0.4) is 0 Å². The molecule has 138 valence electrons. The van der Waals surface area contributed by atoms with E-state index < -0.39 is 0 Å². The van der Waals surface area contributed by atoms with Crippen LogP contribution in [-0.4, -0.2) is 16.7 Å². The zero-order valence-corrected chi connectivity index (χ0v) is 16.7. The first kappa shape index (κ1) is 17.7. The monoisotopic (exact) mass is 356 g/mol. The molecule has 3 aromatic carbocycles. The predicted molar refractivity (Wildman–Crippen MR) is 118 cm³/mol. The van der Waals surface area contributed by atoms with Gasteiger partial charge in [0.05, 0.1) is 11.0 Å². The maximum Gasteiger partial charge on any atom is 0.0561 e. The van der Waals surface area contributed by atoms with Gasteiger partial charge in [-0.2, -0.15) is 0 Å². The van der Waals surface area contributed by atoms with Gasteiger partial charge in [-0.1, -0.05) is 49.4 Å². The lowest BCUT2D eigenvalue weighted by Crippen LogP contribution is -2.38. The van der Waals surface area contributed by atoms with E-state index in [0.717, 1.165) is 6.42 Å². The summed E-state index contributed by atoms with van der Waals surface area (Å²) in [4.78, 5) is 2.53. The van der Waals surface area contributed by atoms with E-state index in [0.29, 0.717) is 12.1 Å². The number of rotatable bonds is 5. The number of hydrogen-bond acceptors (Lipinski definition) is 1. The molecule has 4 rings (SSSR count). The molecule has 1 unspecified atom stereocenters. The van der Waals surface area contributed by atoms with Crippen LogP contribution in [0.15, 0.2) is 72.8 Å². The Morgan fingerprint density at radius 2 is 1.44 bits per heavy atom. The van der Waals surface area contributed by atoms with Crippen LogP contribution in [0, 0.1) is 0 Å². The maximum atomic E-state index is 2.53. The molecular weight excluding hydrogens is 328 g/mol. The molecule has 0 radical (unpaired) electrons. The van der Waals surface area contributed by atoms with Crippen molar-refractivity contribution in [1.29, 1.82) is 0 Å². The van der Waals surface area contributed by atoms with Gasteiger partial charge < -0.3 is 9.47 Å². The van der Waals surface area contributed by atoms with E-state index in [4.69, 9.17) is 0 Å². The molecule has 0 aliphatic carbocycles. The molecular formula is C25H28N2. The summed E-state index contributed by atoms with van der Waals surface area (Å²) in [5.74, 6) is 0. The molecule has 0 saturated heterocycles.